The Balaban J connectivity index is 2.23. The fourth-order valence-electron chi connectivity index (χ4n) is 1.53. The van der Waals surface area contributed by atoms with Crippen molar-refractivity contribution in [2.45, 2.75) is 50.6 Å². The largest absolute Gasteiger partial charge is 0.328 e. The summed E-state index contributed by atoms with van der Waals surface area (Å²) in [6, 6.07) is 0.845. The molecule has 0 aromatic rings. The zero-order valence-corrected chi connectivity index (χ0v) is 6.55. The molecule has 10 heavy (non-hydrogen) atoms. The molecule has 0 aromatic heterocycles. The van der Waals surface area contributed by atoms with Gasteiger partial charge in [0.1, 0.15) is 0 Å². The molecule has 1 fully saturated rings. The Bertz CT molecular complexity index is 81.3. The normalized spacial score (nSPS) is 36.6. The Morgan fingerprint density at radius 1 is 0.700 bits per heavy atom. The number of nitrogens with two attached hydrogens (primary N) is 2. The minimum Gasteiger partial charge on any atom is -0.328 e. The van der Waals surface area contributed by atoms with Gasteiger partial charge in [-0.25, -0.2) is 0 Å². The van der Waals surface area contributed by atoms with Crippen LogP contribution < -0.4 is 11.5 Å². The van der Waals surface area contributed by atoms with Crippen LogP contribution in [-0.4, -0.2) is 12.1 Å². The third-order valence-corrected chi connectivity index (χ3v) is 2.31. The Kier molecular flexibility index (Phi) is 3.16. The van der Waals surface area contributed by atoms with E-state index in [1.807, 2.05) is 0 Å². The van der Waals surface area contributed by atoms with E-state index in [9.17, 15) is 0 Å². The lowest BCUT2D eigenvalue weighted by Gasteiger charge is -2.19. The van der Waals surface area contributed by atoms with E-state index in [0.29, 0.717) is 12.1 Å². The molecule has 0 spiro atoms. The molecule has 1 aliphatic carbocycles. The molecule has 0 heterocycles. The molecule has 1 rings (SSSR count). The molecule has 0 bridgehead atoms. The standard InChI is InChI=1S/C8H18N2/c9-7-3-1-2-4-8(10)6-5-7/h7-8H,1-6,9-10H2/t7-,8+. The van der Waals surface area contributed by atoms with Crippen molar-refractivity contribution in [2.24, 2.45) is 11.5 Å². The molecular formula is C8H18N2. The van der Waals surface area contributed by atoms with Gasteiger partial charge in [0, 0.05) is 12.1 Å². The summed E-state index contributed by atoms with van der Waals surface area (Å²) in [7, 11) is 0. The maximum Gasteiger partial charge on any atom is 0.00394 e. The Morgan fingerprint density at radius 3 is 1.50 bits per heavy atom. The predicted molar refractivity (Wildman–Crippen MR) is 43.7 cm³/mol. The number of hydrogen-bond acceptors (Lipinski definition) is 2. The molecule has 0 saturated heterocycles. The average molecular weight is 142 g/mol. The molecule has 1 saturated carbocycles. The fourth-order valence-corrected chi connectivity index (χ4v) is 1.53. The van der Waals surface area contributed by atoms with Gasteiger partial charge in [0.2, 0.25) is 0 Å². The lowest BCUT2D eigenvalue weighted by Crippen LogP contribution is -2.28. The molecule has 0 radical (unpaired) electrons. The topological polar surface area (TPSA) is 52.0 Å². The first-order chi connectivity index (χ1) is 4.79. The van der Waals surface area contributed by atoms with Crippen LogP contribution in [0.25, 0.3) is 0 Å². The first-order valence-corrected chi connectivity index (χ1v) is 4.30. The van der Waals surface area contributed by atoms with Crippen molar-refractivity contribution in [1.29, 1.82) is 0 Å². The smallest absolute Gasteiger partial charge is 0.00394 e. The van der Waals surface area contributed by atoms with Crippen LogP contribution in [0.1, 0.15) is 38.5 Å². The SMILES string of the molecule is N[C@@H]1CCCC[C@H](N)CC1. The van der Waals surface area contributed by atoms with Crippen molar-refractivity contribution in [3.63, 3.8) is 0 Å². The first kappa shape index (κ1) is 8.02. The Morgan fingerprint density at radius 2 is 1.10 bits per heavy atom. The molecule has 0 aromatic carbocycles. The van der Waals surface area contributed by atoms with Crippen LogP contribution in [0.5, 0.6) is 0 Å². The van der Waals surface area contributed by atoms with Crippen LogP contribution in [0.3, 0.4) is 0 Å². The van der Waals surface area contributed by atoms with Gasteiger partial charge >= 0.3 is 0 Å². The second-order valence-electron chi connectivity index (χ2n) is 3.38. The summed E-state index contributed by atoms with van der Waals surface area (Å²) in [6.07, 6.45) is 7.20. The van der Waals surface area contributed by atoms with E-state index in [4.69, 9.17) is 11.5 Å². The summed E-state index contributed by atoms with van der Waals surface area (Å²) in [5, 5.41) is 0. The van der Waals surface area contributed by atoms with Gasteiger partial charge in [-0.1, -0.05) is 12.8 Å². The average Bonchev–Trinajstić information content (AvgIpc) is 1.90. The molecular weight excluding hydrogens is 124 g/mol. The van der Waals surface area contributed by atoms with Crippen LogP contribution in [0, 0.1) is 0 Å². The van der Waals surface area contributed by atoms with Crippen molar-refractivity contribution in [1.82, 2.24) is 0 Å². The molecule has 2 heteroatoms. The molecule has 60 valence electrons. The monoisotopic (exact) mass is 142 g/mol. The first-order valence-electron chi connectivity index (χ1n) is 4.30. The highest BCUT2D eigenvalue weighted by Crippen LogP contribution is 2.14. The highest BCUT2D eigenvalue weighted by atomic mass is 14.7. The van der Waals surface area contributed by atoms with Gasteiger partial charge in [-0.2, -0.15) is 0 Å². The molecule has 0 unspecified atom stereocenters. The maximum atomic E-state index is 5.81. The highest BCUT2D eigenvalue weighted by Gasteiger charge is 2.10. The van der Waals surface area contributed by atoms with Crippen LogP contribution in [0.15, 0.2) is 0 Å². The predicted octanol–water partition coefficient (Wildman–Crippen LogP) is 0.995. The quantitative estimate of drug-likeness (QED) is 0.530. The van der Waals surface area contributed by atoms with E-state index in [1.165, 1.54) is 25.7 Å². The maximum absolute atomic E-state index is 5.81. The molecule has 1 aliphatic rings. The number of rotatable bonds is 0. The van der Waals surface area contributed by atoms with Crippen molar-refractivity contribution < 1.29 is 0 Å². The lowest BCUT2D eigenvalue weighted by atomic mass is 9.94. The zero-order valence-electron chi connectivity index (χ0n) is 6.55. The van der Waals surface area contributed by atoms with E-state index >= 15 is 0 Å². The van der Waals surface area contributed by atoms with Crippen LogP contribution >= 0.6 is 0 Å². The summed E-state index contributed by atoms with van der Waals surface area (Å²) in [5.74, 6) is 0. The third-order valence-electron chi connectivity index (χ3n) is 2.31. The minimum atomic E-state index is 0.423. The summed E-state index contributed by atoms with van der Waals surface area (Å²) in [4.78, 5) is 0. The van der Waals surface area contributed by atoms with Gasteiger partial charge in [0.05, 0.1) is 0 Å². The second-order valence-corrected chi connectivity index (χ2v) is 3.38. The highest BCUT2D eigenvalue weighted by molar-refractivity contribution is 4.71. The summed E-state index contributed by atoms with van der Waals surface area (Å²) in [6.45, 7) is 0. The van der Waals surface area contributed by atoms with Crippen molar-refractivity contribution >= 4 is 0 Å². The van der Waals surface area contributed by atoms with E-state index in [1.54, 1.807) is 0 Å². The van der Waals surface area contributed by atoms with Crippen molar-refractivity contribution in [3.8, 4) is 0 Å². The molecule has 0 aliphatic heterocycles. The van der Waals surface area contributed by atoms with Crippen molar-refractivity contribution in [2.75, 3.05) is 0 Å². The van der Waals surface area contributed by atoms with Crippen LogP contribution in [0.4, 0.5) is 0 Å². The fraction of sp³-hybridized carbons (Fsp3) is 1.00. The van der Waals surface area contributed by atoms with E-state index in [-0.39, 0.29) is 0 Å². The van der Waals surface area contributed by atoms with Crippen LogP contribution in [-0.2, 0) is 0 Å². The van der Waals surface area contributed by atoms with E-state index in [2.05, 4.69) is 0 Å². The third kappa shape index (κ3) is 2.67. The summed E-state index contributed by atoms with van der Waals surface area (Å²) >= 11 is 0. The van der Waals surface area contributed by atoms with E-state index in [0.717, 1.165) is 12.8 Å². The summed E-state index contributed by atoms with van der Waals surface area (Å²) < 4.78 is 0. The van der Waals surface area contributed by atoms with Gasteiger partial charge in [0.25, 0.3) is 0 Å². The Labute approximate surface area is 63.0 Å². The van der Waals surface area contributed by atoms with Crippen molar-refractivity contribution in [3.05, 3.63) is 0 Å². The minimum absolute atomic E-state index is 0.423. The van der Waals surface area contributed by atoms with Gasteiger partial charge in [0.15, 0.2) is 0 Å². The zero-order chi connectivity index (χ0) is 7.40. The van der Waals surface area contributed by atoms with Gasteiger partial charge in [-0.3, -0.25) is 0 Å². The van der Waals surface area contributed by atoms with E-state index < -0.39 is 0 Å². The lowest BCUT2D eigenvalue weighted by molar-refractivity contribution is 0.416. The van der Waals surface area contributed by atoms with Gasteiger partial charge < -0.3 is 11.5 Å². The number of hydrogen-bond donors (Lipinski definition) is 2. The molecule has 0 amide bonds. The molecule has 4 N–H and O–H groups in total. The van der Waals surface area contributed by atoms with Gasteiger partial charge in [-0.05, 0) is 25.7 Å². The summed E-state index contributed by atoms with van der Waals surface area (Å²) in [5.41, 5.74) is 11.6. The second kappa shape index (κ2) is 3.94. The molecule has 2 atom stereocenters. The van der Waals surface area contributed by atoms with Crippen LogP contribution in [0.2, 0.25) is 0 Å². The Hall–Kier alpha value is -0.0800. The molecule has 2 nitrogen and oxygen atoms in total. The van der Waals surface area contributed by atoms with Gasteiger partial charge in [-0.15, -0.1) is 0 Å².